The van der Waals surface area contributed by atoms with E-state index < -0.39 is 0 Å². The number of carbonyl (C=O) groups excluding carboxylic acids is 1. The van der Waals surface area contributed by atoms with Gasteiger partial charge >= 0.3 is 0 Å². The third-order valence-electron chi connectivity index (χ3n) is 4.56. The van der Waals surface area contributed by atoms with Crippen LogP contribution in [0.3, 0.4) is 0 Å². The number of carbonyl (C=O) groups is 1. The van der Waals surface area contributed by atoms with Gasteiger partial charge in [0.15, 0.2) is 0 Å². The third kappa shape index (κ3) is 4.14. The number of rotatable bonds is 5. The fraction of sp³-hybridized carbons (Fsp3) is 0.190. The molecule has 1 heterocycles. The Hall–Kier alpha value is -2.79. The predicted molar refractivity (Wildman–Crippen MR) is 109 cm³/mol. The molecule has 3 rings (SSSR count). The van der Waals surface area contributed by atoms with Gasteiger partial charge in [-0.25, -0.2) is 4.39 Å². The maximum absolute atomic E-state index is 14.0. The van der Waals surface area contributed by atoms with Crippen LogP contribution in [-0.2, 0) is 11.2 Å². The number of aromatic amines is 1. The van der Waals surface area contributed by atoms with Crippen LogP contribution in [0, 0.1) is 19.7 Å². The molecule has 140 valence electrons. The number of H-pyrrole nitrogens is 1. The quantitative estimate of drug-likeness (QED) is 0.446. The average Bonchev–Trinajstić information content (AvgIpc) is 2.97. The van der Waals surface area contributed by atoms with Crippen molar-refractivity contribution in [2.75, 3.05) is 12.3 Å². The summed E-state index contributed by atoms with van der Waals surface area (Å²) in [6, 6.07) is 8.42. The van der Waals surface area contributed by atoms with Crippen LogP contribution >= 0.6 is 11.6 Å². The van der Waals surface area contributed by atoms with Crippen molar-refractivity contribution >= 4 is 40.2 Å². The Labute approximate surface area is 162 Å². The van der Waals surface area contributed by atoms with Crippen LogP contribution in [0.25, 0.3) is 17.0 Å². The zero-order chi connectivity index (χ0) is 19.6. The molecule has 0 aliphatic heterocycles. The average molecular weight is 386 g/mol. The summed E-state index contributed by atoms with van der Waals surface area (Å²) in [5.41, 5.74) is 10.4. The van der Waals surface area contributed by atoms with Crippen molar-refractivity contribution in [3.63, 3.8) is 0 Å². The maximum atomic E-state index is 14.0. The first-order valence-corrected chi connectivity index (χ1v) is 9.02. The molecule has 0 aliphatic carbocycles. The number of fused-ring (bicyclic) bond motifs is 1. The van der Waals surface area contributed by atoms with Crippen molar-refractivity contribution in [2.24, 2.45) is 0 Å². The van der Waals surface area contributed by atoms with E-state index in [4.69, 9.17) is 17.3 Å². The normalized spacial score (nSPS) is 11.4. The van der Waals surface area contributed by atoms with Gasteiger partial charge in [0.05, 0.1) is 16.2 Å². The Bertz CT molecular complexity index is 1040. The molecule has 0 saturated heterocycles. The highest BCUT2D eigenvalue weighted by Gasteiger charge is 2.13. The summed E-state index contributed by atoms with van der Waals surface area (Å²) >= 11 is 5.97. The minimum Gasteiger partial charge on any atom is -0.398 e. The van der Waals surface area contributed by atoms with E-state index in [0.29, 0.717) is 29.2 Å². The molecule has 1 aromatic heterocycles. The lowest BCUT2D eigenvalue weighted by Gasteiger charge is -2.05. The highest BCUT2D eigenvalue weighted by molar-refractivity contribution is 6.33. The Balaban J connectivity index is 1.64. The van der Waals surface area contributed by atoms with Crippen LogP contribution in [0.5, 0.6) is 0 Å². The van der Waals surface area contributed by atoms with Crippen molar-refractivity contribution in [1.29, 1.82) is 0 Å². The fourth-order valence-electron chi connectivity index (χ4n) is 3.14. The summed E-state index contributed by atoms with van der Waals surface area (Å²) in [5.74, 6) is -0.470. The Morgan fingerprint density at radius 2 is 2.07 bits per heavy atom. The largest absolute Gasteiger partial charge is 0.398 e. The molecule has 0 radical (unpaired) electrons. The van der Waals surface area contributed by atoms with E-state index in [1.165, 1.54) is 12.1 Å². The van der Waals surface area contributed by atoms with E-state index in [1.54, 1.807) is 30.3 Å². The van der Waals surface area contributed by atoms with E-state index in [2.05, 4.69) is 10.3 Å². The lowest BCUT2D eigenvalue weighted by molar-refractivity contribution is -0.116. The van der Waals surface area contributed by atoms with Crippen molar-refractivity contribution in [3.05, 3.63) is 69.6 Å². The highest BCUT2D eigenvalue weighted by atomic mass is 35.5. The van der Waals surface area contributed by atoms with Gasteiger partial charge in [-0.15, -0.1) is 0 Å². The molecule has 0 unspecified atom stereocenters. The number of benzene rings is 2. The number of amides is 1. The molecule has 0 aliphatic rings. The van der Waals surface area contributed by atoms with Gasteiger partial charge in [-0.05, 0) is 61.2 Å². The Morgan fingerprint density at radius 1 is 1.30 bits per heavy atom. The maximum Gasteiger partial charge on any atom is 0.244 e. The fourth-order valence-corrected chi connectivity index (χ4v) is 3.33. The van der Waals surface area contributed by atoms with Gasteiger partial charge in [0.2, 0.25) is 5.91 Å². The minimum absolute atomic E-state index is 0.205. The molecule has 0 bridgehead atoms. The zero-order valence-corrected chi connectivity index (χ0v) is 16.0. The molecular weight excluding hydrogens is 365 g/mol. The van der Waals surface area contributed by atoms with Crippen molar-refractivity contribution in [1.82, 2.24) is 10.3 Å². The molecule has 3 aromatic rings. The van der Waals surface area contributed by atoms with Gasteiger partial charge in [-0.3, -0.25) is 4.79 Å². The summed E-state index contributed by atoms with van der Waals surface area (Å²) in [6.45, 7) is 4.33. The number of hydrogen-bond acceptors (Lipinski definition) is 2. The van der Waals surface area contributed by atoms with Crippen LogP contribution in [0.4, 0.5) is 10.1 Å². The molecule has 27 heavy (non-hydrogen) atoms. The monoisotopic (exact) mass is 385 g/mol. The zero-order valence-electron chi connectivity index (χ0n) is 15.2. The van der Waals surface area contributed by atoms with E-state index in [0.717, 1.165) is 27.8 Å². The number of hydrogen-bond donors (Lipinski definition) is 3. The van der Waals surface area contributed by atoms with Gasteiger partial charge in [-0.2, -0.15) is 0 Å². The second kappa shape index (κ2) is 7.84. The number of aromatic nitrogens is 1. The second-order valence-electron chi connectivity index (χ2n) is 6.50. The number of anilines is 1. The van der Waals surface area contributed by atoms with Crippen LogP contribution in [0.2, 0.25) is 5.02 Å². The lowest BCUT2D eigenvalue weighted by Crippen LogP contribution is -2.23. The first-order valence-electron chi connectivity index (χ1n) is 8.64. The smallest absolute Gasteiger partial charge is 0.244 e. The van der Waals surface area contributed by atoms with Gasteiger partial charge < -0.3 is 16.0 Å². The molecule has 4 N–H and O–H groups in total. The minimum atomic E-state index is -0.265. The van der Waals surface area contributed by atoms with Crippen molar-refractivity contribution in [3.8, 4) is 0 Å². The van der Waals surface area contributed by atoms with Crippen LogP contribution in [0.1, 0.15) is 22.4 Å². The Kier molecular flexibility index (Phi) is 5.51. The van der Waals surface area contributed by atoms with Crippen LogP contribution < -0.4 is 11.1 Å². The molecule has 1 amide bonds. The number of nitrogen functional groups attached to an aromatic ring is 1. The van der Waals surface area contributed by atoms with Crippen molar-refractivity contribution in [2.45, 2.75) is 20.3 Å². The summed E-state index contributed by atoms with van der Waals surface area (Å²) in [7, 11) is 0. The molecular formula is C21H21ClFN3O. The summed E-state index contributed by atoms with van der Waals surface area (Å²) < 4.78 is 14.0. The Morgan fingerprint density at radius 3 is 2.81 bits per heavy atom. The first-order chi connectivity index (χ1) is 12.9. The number of aryl methyl sites for hydroxylation is 2. The van der Waals surface area contributed by atoms with Crippen LogP contribution in [-0.4, -0.2) is 17.4 Å². The van der Waals surface area contributed by atoms with E-state index in [1.807, 2.05) is 13.8 Å². The number of nitrogens with two attached hydrogens (primary N) is 1. The molecule has 0 atom stereocenters. The molecule has 6 heteroatoms. The van der Waals surface area contributed by atoms with Crippen LogP contribution in [0.15, 0.2) is 36.4 Å². The van der Waals surface area contributed by atoms with Gasteiger partial charge in [0.1, 0.15) is 5.82 Å². The lowest BCUT2D eigenvalue weighted by atomic mass is 10.0. The van der Waals surface area contributed by atoms with E-state index >= 15 is 0 Å². The van der Waals surface area contributed by atoms with E-state index in [-0.39, 0.29) is 11.7 Å². The molecule has 0 saturated carbocycles. The number of nitrogens with one attached hydrogen (secondary N) is 2. The summed E-state index contributed by atoms with van der Waals surface area (Å²) in [5, 5.41) is 4.20. The summed E-state index contributed by atoms with van der Waals surface area (Å²) in [4.78, 5) is 15.1. The summed E-state index contributed by atoms with van der Waals surface area (Å²) in [6.07, 6.45) is 3.75. The third-order valence-corrected chi connectivity index (χ3v) is 4.88. The first kappa shape index (κ1) is 19.0. The SMILES string of the molecule is Cc1[nH]c2c(F)ccc(C)c2c1CCNC(=O)/C=C/c1ccc(N)c(Cl)c1. The van der Waals surface area contributed by atoms with Gasteiger partial charge in [0, 0.05) is 23.7 Å². The molecule has 0 fully saturated rings. The molecule has 4 nitrogen and oxygen atoms in total. The standard InChI is InChI=1S/C21H21ClFN3O/c1-12-3-6-17(23)21-20(12)15(13(2)26-21)9-10-25-19(27)8-5-14-4-7-18(24)16(22)11-14/h3-8,11,26H,9-10,24H2,1-2H3,(H,25,27)/b8-5+. The molecule has 2 aromatic carbocycles. The van der Waals surface area contributed by atoms with Gasteiger partial charge in [-0.1, -0.05) is 23.7 Å². The van der Waals surface area contributed by atoms with Gasteiger partial charge in [0.25, 0.3) is 0 Å². The second-order valence-corrected chi connectivity index (χ2v) is 6.91. The highest BCUT2D eigenvalue weighted by Crippen LogP contribution is 2.27. The molecule has 0 spiro atoms. The topological polar surface area (TPSA) is 70.9 Å². The van der Waals surface area contributed by atoms with Crippen molar-refractivity contribution < 1.29 is 9.18 Å². The van der Waals surface area contributed by atoms with E-state index in [9.17, 15) is 9.18 Å². The predicted octanol–water partition coefficient (Wildman–Crippen LogP) is 4.53. The number of halogens is 2.